The zero-order chi connectivity index (χ0) is 13.1. The summed E-state index contributed by atoms with van der Waals surface area (Å²) in [6.45, 7) is 3.47. The van der Waals surface area contributed by atoms with E-state index in [1.807, 2.05) is 0 Å². The van der Waals surface area contributed by atoms with Gasteiger partial charge in [-0.1, -0.05) is 6.92 Å². The Labute approximate surface area is 100 Å². The monoisotopic (exact) mass is 257 g/mol. The van der Waals surface area contributed by atoms with Gasteiger partial charge in [-0.3, -0.25) is 0 Å². The van der Waals surface area contributed by atoms with Crippen LogP contribution in [-0.2, 0) is 14.6 Å². The quantitative estimate of drug-likeness (QED) is 0.647. The van der Waals surface area contributed by atoms with Crippen molar-refractivity contribution in [3.63, 3.8) is 0 Å². The van der Waals surface area contributed by atoms with E-state index in [0.717, 1.165) is 0 Å². The Hall–Kier alpha value is -1.56. The molecule has 0 amide bonds. The molecule has 0 spiro atoms. The van der Waals surface area contributed by atoms with Crippen LogP contribution in [0.15, 0.2) is 23.1 Å². The van der Waals surface area contributed by atoms with Gasteiger partial charge in [0, 0.05) is 5.69 Å². The number of hydrogen-bond acceptors (Lipinski definition) is 5. The highest BCUT2D eigenvalue weighted by atomic mass is 32.2. The van der Waals surface area contributed by atoms with Crippen molar-refractivity contribution in [1.29, 1.82) is 0 Å². The predicted molar refractivity (Wildman–Crippen MR) is 64.5 cm³/mol. The number of carbonyl (C=O) groups excluding carboxylic acids is 1. The maximum absolute atomic E-state index is 11.6. The summed E-state index contributed by atoms with van der Waals surface area (Å²) in [5, 5.41) is 0. The fraction of sp³-hybridized carbons (Fsp3) is 0.364. The lowest BCUT2D eigenvalue weighted by Crippen LogP contribution is -2.10. The molecule has 5 nitrogen and oxygen atoms in total. The van der Waals surface area contributed by atoms with Gasteiger partial charge in [-0.25, -0.2) is 13.2 Å². The van der Waals surface area contributed by atoms with E-state index in [1.165, 1.54) is 18.2 Å². The molecule has 1 aromatic rings. The number of anilines is 1. The Kier molecular flexibility index (Phi) is 4.11. The standard InChI is InChI=1S/C11H15NO4S/c1-3-16-11(13)9-6-5-8(7-10(9)12)17(14,15)4-2/h5-7H,3-4,12H2,1-2H3. The fourth-order valence-electron chi connectivity index (χ4n) is 1.30. The van der Waals surface area contributed by atoms with Gasteiger partial charge in [0.15, 0.2) is 9.84 Å². The first-order valence-electron chi connectivity index (χ1n) is 5.21. The Morgan fingerprint density at radius 2 is 2.00 bits per heavy atom. The molecule has 0 heterocycles. The lowest BCUT2D eigenvalue weighted by Gasteiger charge is -2.07. The molecule has 0 aliphatic rings. The Morgan fingerprint density at radius 3 is 2.47 bits per heavy atom. The van der Waals surface area contributed by atoms with Crippen LogP contribution in [-0.4, -0.2) is 26.7 Å². The van der Waals surface area contributed by atoms with Crippen molar-refractivity contribution in [2.45, 2.75) is 18.7 Å². The lowest BCUT2D eigenvalue weighted by atomic mass is 10.2. The van der Waals surface area contributed by atoms with Crippen molar-refractivity contribution in [2.24, 2.45) is 0 Å². The molecule has 0 aliphatic heterocycles. The molecular weight excluding hydrogens is 242 g/mol. The molecule has 1 rings (SSSR count). The van der Waals surface area contributed by atoms with Crippen LogP contribution < -0.4 is 5.73 Å². The smallest absolute Gasteiger partial charge is 0.340 e. The average molecular weight is 257 g/mol. The summed E-state index contributed by atoms with van der Waals surface area (Å²) in [5.74, 6) is -0.559. The van der Waals surface area contributed by atoms with Gasteiger partial charge in [0.05, 0.1) is 22.8 Å². The van der Waals surface area contributed by atoms with Gasteiger partial charge in [0.25, 0.3) is 0 Å². The maximum Gasteiger partial charge on any atom is 0.340 e. The van der Waals surface area contributed by atoms with Crippen molar-refractivity contribution in [2.75, 3.05) is 18.1 Å². The minimum atomic E-state index is -3.31. The molecule has 0 aliphatic carbocycles. The SMILES string of the molecule is CCOC(=O)c1ccc(S(=O)(=O)CC)cc1N. The zero-order valence-electron chi connectivity index (χ0n) is 9.76. The van der Waals surface area contributed by atoms with Gasteiger partial charge < -0.3 is 10.5 Å². The van der Waals surface area contributed by atoms with E-state index in [4.69, 9.17) is 10.5 Å². The van der Waals surface area contributed by atoms with E-state index in [9.17, 15) is 13.2 Å². The lowest BCUT2D eigenvalue weighted by molar-refractivity contribution is 0.0527. The molecule has 0 atom stereocenters. The highest BCUT2D eigenvalue weighted by Crippen LogP contribution is 2.19. The largest absolute Gasteiger partial charge is 0.462 e. The first kappa shape index (κ1) is 13.5. The van der Waals surface area contributed by atoms with Crippen LogP contribution in [0, 0.1) is 0 Å². The molecule has 94 valence electrons. The second kappa shape index (κ2) is 5.18. The Balaban J connectivity index is 3.15. The molecule has 1 aromatic carbocycles. The number of nitrogens with two attached hydrogens (primary N) is 1. The molecule has 0 bridgehead atoms. The summed E-state index contributed by atoms with van der Waals surface area (Å²) in [6, 6.07) is 4.02. The van der Waals surface area contributed by atoms with Crippen molar-refractivity contribution in [3.8, 4) is 0 Å². The Bertz CT molecular complexity index is 522. The maximum atomic E-state index is 11.6. The van der Waals surface area contributed by atoms with Crippen molar-refractivity contribution >= 4 is 21.5 Å². The van der Waals surface area contributed by atoms with Crippen LogP contribution in [0.5, 0.6) is 0 Å². The summed E-state index contributed by atoms with van der Waals surface area (Å²) in [4.78, 5) is 11.6. The second-order valence-electron chi connectivity index (χ2n) is 3.37. The second-order valence-corrected chi connectivity index (χ2v) is 5.65. The van der Waals surface area contributed by atoms with Crippen LogP contribution in [0.3, 0.4) is 0 Å². The number of nitrogen functional groups attached to an aromatic ring is 1. The molecular formula is C11H15NO4S. The van der Waals surface area contributed by atoms with Gasteiger partial charge in [-0.2, -0.15) is 0 Å². The van der Waals surface area contributed by atoms with E-state index < -0.39 is 15.8 Å². The summed E-state index contributed by atoms with van der Waals surface area (Å²) in [6.07, 6.45) is 0. The van der Waals surface area contributed by atoms with Crippen molar-refractivity contribution in [3.05, 3.63) is 23.8 Å². The van der Waals surface area contributed by atoms with E-state index in [0.29, 0.717) is 0 Å². The van der Waals surface area contributed by atoms with Gasteiger partial charge in [0.2, 0.25) is 0 Å². The minimum Gasteiger partial charge on any atom is -0.462 e. The minimum absolute atomic E-state index is 0.00874. The molecule has 0 saturated heterocycles. The average Bonchev–Trinajstić information content (AvgIpc) is 2.29. The van der Waals surface area contributed by atoms with E-state index in [2.05, 4.69) is 0 Å². The van der Waals surface area contributed by atoms with Gasteiger partial charge >= 0.3 is 5.97 Å². The number of benzene rings is 1. The Morgan fingerprint density at radius 1 is 1.35 bits per heavy atom. The van der Waals surface area contributed by atoms with Crippen LogP contribution in [0.25, 0.3) is 0 Å². The number of sulfone groups is 1. The summed E-state index contributed by atoms with van der Waals surface area (Å²) in [5.41, 5.74) is 5.93. The van der Waals surface area contributed by atoms with Crippen molar-refractivity contribution < 1.29 is 17.9 Å². The molecule has 0 radical (unpaired) electrons. The summed E-state index contributed by atoms with van der Waals surface area (Å²) < 4.78 is 28.0. The number of hydrogen-bond donors (Lipinski definition) is 1. The third kappa shape index (κ3) is 2.97. The molecule has 0 unspecified atom stereocenters. The third-order valence-corrected chi connectivity index (χ3v) is 3.99. The highest BCUT2D eigenvalue weighted by molar-refractivity contribution is 7.91. The third-order valence-electron chi connectivity index (χ3n) is 2.26. The molecule has 0 aromatic heterocycles. The molecule has 0 saturated carbocycles. The topological polar surface area (TPSA) is 86.5 Å². The van der Waals surface area contributed by atoms with E-state index in [-0.39, 0.29) is 28.5 Å². The molecule has 17 heavy (non-hydrogen) atoms. The van der Waals surface area contributed by atoms with Crippen LogP contribution >= 0.6 is 0 Å². The zero-order valence-corrected chi connectivity index (χ0v) is 10.6. The summed E-state index contributed by atoms with van der Waals surface area (Å²) >= 11 is 0. The fourth-order valence-corrected chi connectivity index (χ4v) is 2.21. The van der Waals surface area contributed by atoms with E-state index >= 15 is 0 Å². The first-order chi connectivity index (χ1) is 7.92. The van der Waals surface area contributed by atoms with Gasteiger partial charge in [0.1, 0.15) is 0 Å². The van der Waals surface area contributed by atoms with Crippen LogP contribution in [0.1, 0.15) is 24.2 Å². The number of esters is 1. The van der Waals surface area contributed by atoms with Crippen LogP contribution in [0.2, 0.25) is 0 Å². The van der Waals surface area contributed by atoms with Crippen LogP contribution in [0.4, 0.5) is 5.69 Å². The predicted octanol–water partition coefficient (Wildman–Crippen LogP) is 1.24. The summed E-state index contributed by atoms with van der Waals surface area (Å²) in [7, 11) is -3.31. The van der Waals surface area contributed by atoms with Gasteiger partial charge in [-0.15, -0.1) is 0 Å². The first-order valence-corrected chi connectivity index (χ1v) is 6.87. The van der Waals surface area contributed by atoms with E-state index in [1.54, 1.807) is 13.8 Å². The molecule has 6 heteroatoms. The normalized spacial score (nSPS) is 11.2. The molecule has 2 N–H and O–H groups in total. The molecule has 0 fully saturated rings. The highest BCUT2D eigenvalue weighted by Gasteiger charge is 2.16. The number of ether oxygens (including phenoxy) is 1. The number of carbonyl (C=O) groups is 1. The number of rotatable bonds is 4. The van der Waals surface area contributed by atoms with Crippen molar-refractivity contribution in [1.82, 2.24) is 0 Å². The van der Waals surface area contributed by atoms with Gasteiger partial charge in [-0.05, 0) is 25.1 Å².